The maximum atomic E-state index is 12.1. The van der Waals surface area contributed by atoms with Crippen molar-refractivity contribution in [1.82, 2.24) is 5.32 Å². The van der Waals surface area contributed by atoms with Crippen molar-refractivity contribution in [2.24, 2.45) is 5.41 Å². The van der Waals surface area contributed by atoms with Crippen molar-refractivity contribution in [1.29, 1.82) is 0 Å². The van der Waals surface area contributed by atoms with E-state index in [1.807, 2.05) is 31.2 Å². The smallest absolute Gasteiger partial charge is 0.229 e. The second-order valence-electron chi connectivity index (χ2n) is 5.38. The van der Waals surface area contributed by atoms with Gasteiger partial charge in [0.2, 0.25) is 5.91 Å². The van der Waals surface area contributed by atoms with Gasteiger partial charge in [0.05, 0.1) is 5.41 Å². The fourth-order valence-electron chi connectivity index (χ4n) is 2.07. The van der Waals surface area contributed by atoms with Crippen LogP contribution in [0.25, 0.3) is 0 Å². The number of rotatable bonds is 4. The van der Waals surface area contributed by atoms with Gasteiger partial charge in [0.1, 0.15) is 4.33 Å². The highest BCUT2D eigenvalue weighted by Crippen LogP contribution is 2.63. The highest BCUT2D eigenvalue weighted by molar-refractivity contribution is 6.53. The summed E-state index contributed by atoms with van der Waals surface area (Å²) >= 11 is 18.1. The van der Waals surface area contributed by atoms with Crippen LogP contribution < -0.4 is 5.32 Å². The molecular formula is C14H16Cl3NO. The molecule has 0 saturated heterocycles. The Labute approximate surface area is 128 Å². The van der Waals surface area contributed by atoms with Crippen LogP contribution >= 0.6 is 34.8 Å². The van der Waals surface area contributed by atoms with Gasteiger partial charge in [-0.1, -0.05) is 29.8 Å². The first kappa shape index (κ1) is 15.0. The maximum Gasteiger partial charge on any atom is 0.229 e. The Bertz CT molecular complexity index is 503. The average Bonchev–Trinajstić information content (AvgIpc) is 2.83. The molecule has 104 valence electrons. The first-order chi connectivity index (χ1) is 8.76. The summed E-state index contributed by atoms with van der Waals surface area (Å²) < 4.78 is -0.929. The normalized spacial score (nSPS) is 25.7. The molecule has 19 heavy (non-hydrogen) atoms. The van der Waals surface area contributed by atoms with Crippen LogP contribution in [-0.2, 0) is 11.2 Å². The molecule has 1 N–H and O–H groups in total. The van der Waals surface area contributed by atoms with Crippen LogP contribution in [0.15, 0.2) is 24.3 Å². The van der Waals surface area contributed by atoms with Crippen LogP contribution in [0.3, 0.4) is 0 Å². The molecule has 0 aromatic heterocycles. The topological polar surface area (TPSA) is 29.1 Å². The molecule has 0 bridgehead atoms. The van der Waals surface area contributed by atoms with Crippen LogP contribution in [0.2, 0.25) is 5.02 Å². The number of hydrogen-bond acceptors (Lipinski definition) is 1. The van der Waals surface area contributed by atoms with Crippen molar-refractivity contribution in [3.8, 4) is 0 Å². The maximum absolute atomic E-state index is 12.1. The zero-order chi connectivity index (χ0) is 14.3. The number of carbonyl (C=O) groups is 1. The fourth-order valence-corrected chi connectivity index (χ4v) is 2.99. The van der Waals surface area contributed by atoms with Gasteiger partial charge in [-0.25, -0.2) is 0 Å². The number of halogens is 3. The van der Waals surface area contributed by atoms with E-state index in [2.05, 4.69) is 5.32 Å². The molecule has 1 saturated carbocycles. The molecule has 2 atom stereocenters. The van der Waals surface area contributed by atoms with Crippen molar-refractivity contribution in [3.05, 3.63) is 34.9 Å². The summed E-state index contributed by atoms with van der Waals surface area (Å²) in [7, 11) is 0. The Hall–Kier alpha value is -0.440. The van der Waals surface area contributed by atoms with Gasteiger partial charge in [-0.2, -0.15) is 0 Å². The molecule has 5 heteroatoms. The highest BCUT2D eigenvalue weighted by Gasteiger charge is 2.67. The molecule has 1 aliphatic carbocycles. The molecular weight excluding hydrogens is 305 g/mol. The molecule has 1 aromatic rings. The zero-order valence-electron chi connectivity index (χ0n) is 10.8. The Morgan fingerprint density at radius 2 is 2.00 bits per heavy atom. The predicted molar refractivity (Wildman–Crippen MR) is 79.9 cm³/mol. The summed E-state index contributed by atoms with van der Waals surface area (Å²) in [5.41, 5.74) is 0.339. The van der Waals surface area contributed by atoms with Crippen LogP contribution in [-0.4, -0.2) is 16.3 Å². The first-order valence-corrected chi connectivity index (χ1v) is 7.32. The zero-order valence-corrected chi connectivity index (χ0v) is 13.1. The van der Waals surface area contributed by atoms with E-state index in [1.165, 1.54) is 0 Å². The first-order valence-electron chi connectivity index (χ1n) is 6.18. The monoisotopic (exact) mass is 319 g/mol. The SMILES string of the molecule is CC(Cc1ccccc1Cl)NC(=O)C1(C)CC1(Cl)Cl. The second kappa shape index (κ2) is 5.16. The van der Waals surface area contributed by atoms with Gasteiger partial charge in [-0.05, 0) is 38.3 Å². The quantitative estimate of drug-likeness (QED) is 0.836. The number of benzene rings is 1. The minimum absolute atomic E-state index is 0.0195. The molecule has 2 nitrogen and oxygen atoms in total. The Morgan fingerprint density at radius 3 is 2.53 bits per heavy atom. The van der Waals surface area contributed by atoms with Crippen molar-refractivity contribution in [2.45, 2.75) is 37.1 Å². The lowest BCUT2D eigenvalue weighted by atomic mass is 10.0. The number of nitrogens with one attached hydrogen (secondary N) is 1. The van der Waals surface area contributed by atoms with Gasteiger partial charge in [-0.15, -0.1) is 23.2 Å². The summed E-state index contributed by atoms with van der Waals surface area (Å²) in [5, 5.41) is 3.66. The molecule has 1 aliphatic rings. The summed E-state index contributed by atoms with van der Waals surface area (Å²) in [6.45, 7) is 3.72. The summed E-state index contributed by atoms with van der Waals surface area (Å²) in [5.74, 6) is -0.1000. The molecule has 1 aromatic carbocycles. The molecule has 2 unspecified atom stereocenters. The van der Waals surface area contributed by atoms with Gasteiger partial charge in [0.15, 0.2) is 0 Å². The van der Waals surface area contributed by atoms with Crippen LogP contribution in [0.1, 0.15) is 25.8 Å². The van der Waals surface area contributed by atoms with E-state index in [0.717, 1.165) is 5.56 Å². The van der Waals surface area contributed by atoms with Gasteiger partial charge >= 0.3 is 0 Å². The van der Waals surface area contributed by atoms with E-state index in [9.17, 15) is 4.79 Å². The summed E-state index contributed by atoms with van der Waals surface area (Å²) in [4.78, 5) is 12.1. The highest BCUT2D eigenvalue weighted by atomic mass is 35.5. The van der Waals surface area contributed by atoms with Crippen molar-refractivity contribution >= 4 is 40.7 Å². The molecule has 0 radical (unpaired) electrons. The number of alkyl halides is 2. The lowest BCUT2D eigenvalue weighted by Gasteiger charge is -2.18. The standard InChI is InChI=1S/C14H16Cl3NO/c1-9(7-10-5-3-4-6-11(10)15)18-12(19)13(2)8-14(13,16)17/h3-6,9H,7-8H2,1-2H3,(H,18,19). The van der Waals surface area contributed by atoms with Gasteiger partial charge < -0.3 is 5.32 Å². The van der Waals surface area contributed by atoms with Crippen molar-refractivity contribution < 1.29 is 4.79 Å². The Kier molecular flexibility index (Phi) is 4.06. The van der Waals surface area contributed by atoms with Crippen molar-refractivity contribution in [3.63, 3.8) is 0 Å². The van der Waals surface area contributed by atoms with E-state index in [0.29, 0.717) is 17.9 Å². The van der Waals surface area contributed by atoms with Crippen LogP contribution in [0.4, 0.5) is 0 Å². The van der Waals surface area contributed by atoms with Gasteiger partial charge in [0.25, 0.3) is 0 Å². The fraction of sp³-hybridized carbons (Fsp3) is 0.500. The molecule has 1 amide bonds. The number of hydrogen-bond donors (Lipinski definition) is 1. The minimum Gasteiger partial charge on any atom is -0.353 e. The third kappa shape index (κ3) is 3.01. The summed E-state index contributed by atoms with van der Waals surface area (Å²) in [6.07, 6.45) is 1.17. The third-order valence-electron chi connectivity index (χ3n) is 3.62. The molecule has 0 aliphatic heterocycles. The van der Waals surface area contributed by atoms with Crippen LogP contribution in [0, 0.1) is 5.41 Å². The molecule has 2 rings (SSSR count). The third-order valence-corrected chi connectivity index (χ3v) is 5.09. The molecule has 1 fully saturated rings. The van der Waals surface area contributed by atoms with E-state index in [4.69, 9.17) is 34.8 Å². The van der Waals surface area contributed by atoms with Crippen LogP contribution in [0.5, 0.6) is 0 Å². The second-order valence-corrected chi connectivity index (χ2v) is 7.27. The molecule has 0 spiro atoms. The lowest BCUT2D eigenvalue weighted by molar-refractivity contribution is -0.126. The Balaban J connectivity index is 1.94. The average molecular weight is 321 g/mol. The predicted octanol–water partition coefficient (Wildman–Crippen LogP) is 3.97. The lowest BCUT2D eigenvalue weighted by Crippen LogP contribution is -2.40. The van der Waals surface area contributed by atoms with Gasteiger partial charge in [-0.3, -0.25) is 4.79 Å². The Morgan fingerprint density at radius 1 is 1.42 bits per heavy atom. The van der Waals surface area contributed by atoms with E-state index in [-0.39, 0.29) is 11.9 Å². The summed E-state index contributed by atoms with van der Waals surface area (Å²) in [6, 6.07) is 7.60. The number of carbonyl (C=O) groups excluding carboxylic acids is 1. The van der Waals surface area contributed by atoms with Gasteiger partial charge in [0, 0.05) is 11.1 Å². The largest absolute Gasteiger partial charge is 0.353 e. The van der Waals surface area contributed by atoms with E-state index in [1.54, 1.807) is 6.92 Å². The minimum atomic E-state index is -0.929. The number of amides is 1. The van der Waals surface area contributed by atoms with E-state index < -0.39 is 9.75 Å². The van der Waals surface area contributed by atoms with Crippen molar-refractivity contribution in [2.75, 3.05) is 0 Å². The molecule has 0 heterocycles. The van der Waals surface area contributed by atoms with E-state index >= 15 is 0 Å².